The third-order valence-corrected chi connectivity index (χ3v) is 5.02. The van der Waals surface area contributed by atoms with E-state index in [2.05, 4.69) is 5.32 Å². The number of hydrogen-bond donors (Lipinski definition) is 3. The first-order chi connectivity index (χ1) is 14.2. The molecule has 0 saturated carbocycles. The number of carboxylic acids is 1. The van der Waals surface area contributed by atoms with Crippen molar-refractivity contribution in [3.63, 3.8) is 0 Å². The fourth-order valence-corrected chi connectivity index (χ4v) is 3.49. The minimum absolute atomic E-state index is 0.153. The maximum Gasteiger partial charge on any atom is 0.339 e. The molecule has 0 spiro atoms. The van der Waals surface area contributed by atoms with Crippen molar-refractivity contribution in [1.82, 2.24) is 4.90 Å². The number of carbonyl (C=O) groups excluding carboxylic acids is 3. The Bertz CT molecular complexity index is 1070. The van der Waals surface area contributed by atoms with Gasteiger partial charge in [-0.25, -0.2) is 9.18 Å². The average Bonchev–Trinajstić information content (AvgIpc) is 2.96. The number of anilines is 1. The number of aromatic carboxylic acids is 1. The van der Waals surface area contributed by atoms with Gasteiger partial charge in [0, 0.05) is 18.7 Å². The quantitative estimate of drug-likeness (QED) is 0.474. The largest absolute Gasteiger partial charge is 0.507 e. The molecule has 1 fully saturated rings. The van der Waals surface area contributed by atoms with E-state index in [1.54, 1.807) is 0 Å². The molecular formula is C20H15FN2O6S. The maximum atomic E-state index is 13.0. The number of nitrogens with zero attached hydrogens (tertiary/aromatic N) is 1. The summed E-state index contributed by atoms with van der Waals surface area (Å²) in [5, 5.41) is 20.4. The second kappa shape index (κ2) is 8.78. The smallest absolute Gasteiger partial charge is 0.339 e. The van der Waals surface area contributed by atoms with Gasteiger partial charge in [0.15, 0.2) is 0 Å². The van der Waals surface area contributed by atoms with E-state index in [-0.39, 0.29) is 29.1 Å². The molecule has 0 unspecified atom stereocenters. The van der Waals surface area contributed by atoms with Gasteiger partial charge in [-0.1, -0.05) is 12.1 Å². The molecule has 1 saturated heterocycles. The van der Waals surface area contributed by atoms with E-state index < -0.39 is 34.6 Å². The van der Waals surface area contributed by atoms with E-state index in [9.17, 15) is 28.7 Å². The summed E-state index contributed by atoms with van der Waals surface area (Å²) in [5.74, 6) is -3.31. The fourth-order valence-electron chi connectivity index (χ4n) is 2.63. The standard InChI is InChI=1S/C20H15FN2O6S/c21-12-3-1-11(2-4-12)9-16-18(26)23(20(29)30-16)8-7-17(25)22-13-5-6-15(24)14(10-13)19(27)28/h1-6,9-10,24H,7-8H2,(H,22,25)(H,27,28). The molecular weight excluding hydrogens is 415 g/mol. The number of rotatable bonds is 6. The SMILES string of the molecule is O=C(CCN1C(=O)SC(=Cc2ccc(F)cc2)C1=O)Nc1ccc(O)c(C(=O)O)c1. The summed E-state index contributed by atoms with van der Waals surface area (Å²) in [7, 11) is 0. The summed E-state index contributed by atoms with van der Waals surface area (Å²) in [6, 6.07) is 8.97. The molecule has 1 heterocycles. The number of carboxylic acid groups (broad SMARTS) is 1. The lowest BCUT2D eigenvalue weighted by Crippen LogP contribution is -2.31. The van der Waals surface area contributed by atoms with Crippen LogP contribution in [0.3, 0.4) is 0 Å². The van der Waals surface area contributed by atoms with Crippen molar-refractivity contribution in [3.8, 4) is 5.75 Å². The zero-order chi connectivity index (χ0) is 21.8. The lowest BCUT2D eigenvalue weighted by molar-refractivity contribution is -0.123. The van der Waals surface area contributed by atoms with E-state index in [1.165, 1.54) is 36.4 Å². The second-order valence-corrected chi connectivity index (χ2v) is 7.21. The Morgan fingerprint density at radius 3 is 2.50 bits per heavy atom. The highest BCUT2D eigenvalue weighted by molar-refractivity contribution is 8.18. The first-order valence-electron chi connectivity index (χ1n) is 8.61. The summed E-state index contributed by atoms with van der Waals surface area (Å²) in [6.07, 6.45) is 1.26. The van der Waals surface area contributed by atoms with Gasteiger partial charge >= 0.3 is 5.97 Å². The van der Waals surface area contributed by atoms with Gasteiger partial charge in [-0.15, -0.1) is 0 Å². The summed E-state index contributed by atoms with van der Waals surface area (Å²) in [6.45, 7) is -0.166. The molecule has 3 amide bonds. The lowest BCUT2D eigenvalue weighted by atomic mass is 10.1. The Balaban J connectivity index is 1.61. The van der Waals surface area contributed by atoms with E-state index in [4.69, 9.17) is 5.11 Å². The Hall–Kier alpha value is -3.66. The molecule has 3 rings (SSSR count). The van der Waals surface area contributed by atoms with Crippen molar-refractivity contribution in [1.29, 1.82) is 0 Å². The molecule has 0 radical (unpaired) electrons. The number of imide groups is 1. The Labute approximate surface area is 174 Å². The van der Waals surface area contributed by atoms with Crippen LogP contribution in [0.5, 0.6) is 5.75 Å². The number of nitrogens with one attached hydrogen (secondary N) is 1. The maximum absolute atomic E-state index is 13.0. The normalized spacial score (nSPS) is 15.0. The van der Waals surface area contributed by atoms with Crippen LogP contribution < -0.4 is 5.32 Å². The van der Waals surface area contributed by atoms with E-state index in [0.717, 1.165) is 28.8 Å². The van der Waals surface area contributed by atoms with Crippen LogP contribution in [0.1, 0.15) is 22.3 Å². The first kappa shape index (κ1) is 21.1. The van der Waals surface area contributed by atoms with Crippen molar-refractivity contribution >= 4 is 46.5 Å². The number of amides is 3. The topological polar surface area (TPSA) is 124 Å². The highest BCUT2D eigenvalue weighted by Gasteiger charge is 2.35. The highest BCUT2D eigenvalue weighted by atomic mass is 32.2. The van der Waals surface area contributed by atoms with Gasteiger partial charge in [0.2, 0.25) is 5.91 Å². The molecule has 30 heavy (non-hydrogen) atoms. The zero-order valence-electron chi connectivity index (χ0n) is 15.3. The fraction of sp³-hybridized carbons (Fsp3) is 0.100. The molecule has 0 aromatic heterocycles. The van der Waals surface area contributed by atoms with Gasteiger partial charge in [0.25, 0.3) is 11.1 Å². The van der Waals surface area contributed by atoms with Gasteiger partial charge in [-0.2, -0.15) is 0 Å². The van der Waals surface area contributed by atoms with Gasteiger partial charge < -0.3 is 15.5 Å². The van der Waals surface area contributed by atoms with Crippen molar-refractivity contribution < 1.29 is 33.8 Å². The summed E-state index contributed by atoms with van der Waals surface area (Å²) >= 11 is 0.723. The molecule has 2 aromatic rings. The molecule has 0 aliphatic carbocycles. The van der Waals surface area contributed by atoms with Gasteiger partial charge in [-0.3, -0.25) is 19.3 Å². The van der Waals surface area contributed by atoms with Gasteiger partial charge in [0.1, 0.15) is 17.1 Å². The molecule has 2 aromatic carbocycles. The number of phenols is 1. The zero-order valence-corrected chi connectivity index (χ0v) is 16.1. The van der Waals surface area contributed by atoms with Crippen molar-refractivity contribution in [2.75, 3.05) is 11.9 Å². The lowest BCUT2D eigenvalue weighted by Gasteiger charge is -2.12. The second-order valence-electron chi connectivity index (χ2n) is 6.22. The third-order valence-electron chi connectivity index (χ3n) is 4.11. The molecule has 0 bridgehead atoms. The number of benzene rings is 2. The van der Waals surface area contributed by atoms with Crippen LogP contribution in [0, 0.1) is 5.82 Å². The number of carbonyl (C=O) groups is 4. The summed E-state index contributed by atoms with van der Waals surface area (Å²) in [5.41, 5.74) is 0.339. The summed E-state index contributed by atoms with van der Waals surface area (Å²) < 4.78 is 13.0. The number of halogens is 1. The first-order valence-corrected chi connectivity index (χ1v) is 9.43. The Morgan fingerprint density at radius 2 is 1.83 bits per heavy atom. The van der Waals surface area contributed by atoms with Crippen LogP contribution in [-0.4, -0.2) is 44.7 Å². The van der Waals surface area contributed by atoms with E-state index >= 15 is 0 Å². The van der Waals surface area contributed by atoms with Crippen LogP contribution >= 0.6 is 11.8 Å². The Morgan fingerprint density at radius 1 is 1.13 bits per heavy atom. The van der Waals surface area contributed by atoms with Crippen molar-refractivity contribution in [2.24, 2.45) is 0 Å². The van der Waals surface area contributed by atoms with Gasteiger partial charge in [-0.05, 0) is 53.7 Å². The van der Waals surface area contributed by atoms with Crippen LogP contribution in [0.25, 0.3) is 6.08 Å². The van der Waals surface area contributed by atoms with Crippen molar-refractivity contribution in [2.45, 2.75) is 6.42 Å². The molecule has 1 aliphatic rings. The minimum atomic E-state index is -1.35. The van der Waals surface area contributed by atoms with Crippen LogP contribution in [0.4, 0.5) is 14.9 Å². The molecule has 0 atom stereocenters. The molecule has 8 nitrogen and oxygen atoms in total. The minimum Gasteiger partial charge on any atom is -0.507 e. The predicted molar refractivity (Wildman–Crippen MR) is 107 cm³/mol. The van der Waals surface area contributed by atoms with E-state index in [1.807, 2.05) is 0 Å². The Kier molecular flexibility index (Phi) is 6.17. The van der Waals surface area contributed by atoms with Crippen molar-refractivity contribution in [3.05, 3.63) is 64.3 Å². The third kappa shape index (κ3) is 4.84. The number of thioether (sulfide) groups is 1. The van der Waals surface area contributed by atoms with Crippen LogP contribution in [0.2, 0.25) is 0 Å². The summed E-state index contributed by atoms with van der Waals surface area (Å²) in [4.78, 5) is 48.8. The number of aromatic hydroxyl groups is 1. The number of hydrogen-bond acceptors (Lipinski definition) is 6. The van der Waals surface area contributed by atoms with E-state index in [0.29, 0.717) is 5.56 Å². The molecule has 3 N–H and O–H groups in total. The van der Waals surface area contributed by atoms with Crippen LogP contribution in [-0.2, 0) is 9.59 Å². The van der Waals surface area contributed by atoms with Crippen LogP contribution in [0.15, 0.2) is 47.4 Å². The molecule has 1 aliphatic heterocycles. The average molecular weight is 430 g/mol. The highest BCUT2D eigenvalue weighted by Crippen LogP contribution is 2.32. The molecule has 154 valence electrons. The monoisotopic (exact) mass is 430 g/mol. The predicted octanol–water partition coefficient (Wildman–Crippen LogP) is 3.29. The van der Waals surface area contributed by atoms with Gasteiger partial charge in [0.05, 0.1) is 4.91 Å². The molecule has 10 heteroatoms.